The summed E-state index contributed by atoms with van der Waals surface area (Å²) in [5.41, 5.74) is -1.65. The van der Waals surface area contributed by atoms with Crippen molar-refractivity contribution in [3.8, 4) is 11.8 Å². The van der Waals surface area contributed by atoms with Crippen LogP contribution in [0.3, 0.4) is 0 Å². The van der Waals surface area contributed by atoms with Gasteiger partial charge in [-0.15, -0.1) is 0 Å². The molecule has 1 aromatic rings. The van der Waals surface area contributed by atoms with Gasteiger partial charge in [0.25, 0.3) is 0 Å². The van der Waals surface area contributed by atoms with Gasteiger partial charge in [0.05, 0.1) is 5.33 Å². The molecule has 1 aromatic carbocycles. The quantitative estimate of drug-likeness (QED) is 0.387. The third kappa shape index (κ3) is 2.96. The van der Waals surface area contributed by atoms with Crippen LogP contribution in [-0.4, -0.2) is 5.33 Å². The van der Waals surface area contributed by atoms with E-state index in [1.165, 1.54) is 6.07 Å². The minimum Gasteiger partial charge on any atom is -0.206 e. The Morgan fingerprint density at radius 2 is 1.93 bits per heavy atom. The highest BCUT2D eigenvalue weighted by molar-refractivity contribution is 9.09. The topological polar surface area (TPSA) is 0 Å². The van der Waals surface area contributed by atoms with Gasteiger partial charge in [-0.3, -0.25) is 0 Å². The van der Waals surface area contributed by atoms with Crippen molar-refractivity contribution in [2.24, 2.45) is 0 Å². The third-order valence-corrected chi connectivity index (χ3v) is 1.87. The van der Waals surface area contributed by atoms with Gasteiger partial charge in [0.1, 0.15) is 11.4 Å². The molecule has 0 aromatic heterocycles. The van der Waals surface area contributed by atoms with Crippen molar-refractivity contribution >= 4 is 15.9 Å². The average Bonchev–Trinajstić information content (AvgIpc) is 2.12. The molecule has 0 spiro atoms. The zero-order valence-corrected chi connectivity index (χ0v) is 8.91. The Balaban J connectivity index is 3.33. The van der Waals surface area contributed by atoms with E-state index in [0.29, 0.717) is 0 Å². The van der Waals surface area contributed by atoms with E-state index < -0.39 is 17.6 Å². The lowest BCUT2D eigenvalue weighted by atomic mass is 10.1. The van der Waals surface area contributed by atoms with Gasteiger partial charge in [-0.1, -0.05) is 33.8 Å². The Morgan fingerprint density at radius 3 is 2.47 bits per heavy atom. The second-order valence-corrected chi connectivity index (χ2v) is 3.16. The van der Waals surface area contributed by atoms with E-state index in [1.807, 2.05) is 0 Å². The number of alkyl halides is 4. The number of hydrogen-bond donors (Lipinski definition) is 0. The maximum absolute atomic E-state index is 13.0. The molecule has 0 unspecified atom stereocenters. The van der Waals surface area contributed by atoms with Crippen molar-refractivity contribution in [3.63, 3.8) is 0 Å². The van der Waals surface area contributed by atoms with Crippen LogP contribution < -0.4 is 0 Å². The van der Waals surface area contributed by atoms with E-state index in [4.69, 9.17) is 0 Å². The van der Waals surface area contributed by atoms with Crippen LogP contribution in [0, 0.1) is 17.7 Å². The van der Waals surface area contributed by atoms with Gasteiger partial charge in [-0.25, -0.2) is 4.39 Å². The van der Waals surface area contributed by atoms with Crippen LogP contribution in [-0.2, 0) is 6.18 Å². The highest BCUT2D eigenvalue weighted by atomic mass is 79.9. The number of hydrogen-bond acceptors (Lipinski definition) is 0. The first-order valence-corrected chi connectivity index (χ1v) is 4.99. The first-order valence-electron chi connectivity index (χ1n) is 3.87. The molecular formula is C10H5BrF4. The van der Waals surface area contributed by atoms with Crippen LogP contribution in [0.2, 0.25) is 0 Å². The fourth-order valence-corrected chi connectivity index (χ4v) is 1.19. The van der Waals surface area contributed by atoms with Gasteiger partial charge in [0, 0.05) is 5.56 Å². The Kier molecular flexibility index (Phi) is 3.75. The highest BCUT2D eigenvalue weighted by Gasteiger charge is 2.36. The molecule has 0 heterocycles. The first-order chi connectivity index (χ1) is 6.96. The van der Waals surface area contributed by atoms with E-state index in [-0.39, 0.29) is 10.9 Å². The molecule has 0 nitrogen and oxygen atoms in total. The molecule has 15 heavy (non-hydrogen) atoms. The van der Waals surface area contributed by atoms with Crippen LogP contribution in [0.15, 0.2) is 18.2 Å². The fraction of sp³-hybridized carbons (Fsp3) is 0.200. The van der Waals surface area contributed by atoms with Gasteiger partial charge in [0.2, 0.25) is 0 Å². The molecule has 0 atom stereocenters. The van der Waals surface area contributed by atoms with Crippen molar-refractivity contribution in [1.29, 1.82) is 0 Å². The normalized spacial score (nSPS) is 10.7. The lowest BCUT2D eigenvalue weighted by Crippen LogP contribution is -2.10. The summed E-state index contributed by atoms with van der Waals surface area (Å²) >= 11 is 2.95. The van der Waals surface area contributed by atoms with Crippen LogP contribution in [0.4, 0.5) is 17.6 Å². The van der Waals surface area contributed by atoms with E-state index in [1.54, 1.807) is 0 Å². The smallest absolute Gasteiger partial charge is 0.206 e. The van der Waals surface area contributed by atoms with E-state index >= 15 is 0 Å². The molecule has 0 aliphatic rings. The van der Waals surface area contributed by atoms with Crippen LogP contribution in [0.1, 0.15) is 11.1 Å². The van der Waals surface area contributed by atoms with E-state index in [9.17, 15) is 17.6 Å². The predicted octanol–water partition coefficient (Wildman–Crippen LogP) is 3.59. The maximum atomic E-state index is 13.0. The number of halogens is 5. The summed E-state index contributed by atoms with van der Waals surface area (Å²) in [4.78, 5) is 0. The molecule has 5 heteroatoms. The molecule has 0 aliphatic heterocycles. The summed E-state index contributed by atoms with van der Waals surface area (Å²) in [6.07, 6.45) is -4.72. The second kappa shape index (κ2) is 4.67. The number of rotatable bonds is 0. The van der Waals surface area contributed by atoms with Gasteiger partial charge in [-0.2, -0.15) is 13.2 Å². The predicted molar refractivity (Wildman–Crippen MR) is 52.1 cm³/mol. The van der Waals surface area contributed by atoms with Crippen molar-refractivity contribution < 1.29 is 17.6 Å². The Labute approximate surface area is 92.4 Å². The second-order valence-electron chi connectivity index (χ2n) is 2.60. The summed E-state index contributed by atoms with van der Waals surface area (Å²) in [6.45, 7) is 0. The third-order valence-electron chi connectivity index (χ3n) is 1.59. The van der Waals surface area contributed by atoms with Gasteiger partial charge >= 0.3 is 6.18 Å². The Hall–Kier alpha value is -1.02. The molecule has 0 saturated carbocycles. The van der Waals surface area contributed by atoms with Crippen molar-refractivity contribution in [1.82, 2.24) is 0 Å². The molecule has 0 N–H and O–H groups in total. The molecule has 80 valence electrons. The number of benzene rings is 1. The summed E-state index contributed by atoms with van der Waals surface area (Å²) in [5.74, 6) is 3.36. The lowest BCUT2D eigenvalue weighted by Gasteiger charge is -2.09. The van der Waals surface area contributed by atoms with Gasteiger partial charge in [0.15, 0.2) is 0 Å². The standard InChI is InChI=1S/C10H5BrF4/c11-6-2-4-7-3-1-5-8(12)9(7)10(13,14)15/h1,3,5H,6H2. The zero-order chi connectivity index (χ0) is 11.5. The fourth-order valence-electron chi connectivity index (χ4n) is 1.05. The average molecular weight is 281 g/mol. The van der Waals surface area contributed by atoms with Crippen molar-refractivity contribution in [3.05, 3.63) is 35.1 Å². The summed E-state index contributed by atoms with van der Waals surface area (Å²) in [5, 5.41) is 0.237. The zero-order valence-electron chi connectivity index (χ0n) is 7.33. The minimum absolute atomic E-state index is 0.237. The van der Waals surface area contributed by atoms with Gasteiger partial charge in [-0.05, 0) is 12.1 Å². The maximum Gasteiger partial charge on any atom is 0.420 e. The Bertz CT molecular complexity index is 412. The van der Waals surface area contributed by atoms with Gasteiger partial charge < -0.3 is 0 Å². The SMILES string of the molecule is Fc1cccc(C#CCBr)c1C(F)(F)F. The molecule has 0 saturated heterocycles. The molecule has 0 fully saturated rings. The molecule has 1 rings (SSSR count). The molecule has 0 aliphatic carbocycles. The van der Waals surface area contributed by atoms with E-state index in [0.717, 1.165) is 12.1 Å². The molecule has 0 radical (unpaired) electrons. The largest absolute Gasteiger partial charge is 0.420 e. The molecule has 0 bridgehead atoms. The van der Waals surface area contributed by atoms with Crippen LogP contribution in [0.5, 0.6) is 0 Å². The van der Waals surface area contributed by atoms with Crippen LogP contribution >= 0.6 is 15.9 Å². The summed E-state index contributed by atoms with van der Waals surface area (Å²) < 4.78 is 50.2. The van der Waals surface area contributed by atoms with E-state index in [2.05, 4.69) is 27.8 Å². The monoisotopic (exact) mass is 280 g/mol. The first kappa shape index (κ1) is 12.1. The van der Waals surface area contributed by atoms with Crippen molar-refractivity contribution in [2.75, 3.05) is 5.33 Å². The lowest BCUT2D eigenvalue weighted by molar-refractivity contribution is -0.140. The summed E-state index contributed by atoms with van der Waals surface area (Å²) in [7, 11) is 0. The Morgan fingerprint density at radius 1 is 1.27 bits per heavy atom. The molecular weight excluding hydrogens is 276 g/mol. The van der Waals surface area contributed by atoms with Crippen LogP contribution in [0.25, 0.3) is 0 Å². The summed E-state index contributed by atoms with van der Waals surface area (Å²) in [6, 6.07) is 3.10. The minimum atomic E-state index is -4.72. The molecule has 0 amide bonds. The highest BCUT2D eigenvalue weighted by Crippen LogP contribution is 2.33. The van der Waals surface area contributed by atoms with Crippen molar-refractivity contribution in [2.45, 2.75) is 6.18 Å².